The van der Waals surface area contributed by atoms with E-state index in [9.17, 15) is 0 Å². The highest BCUT2D eigenvalue weighted by Gasteiger charge is 2.31. The lowest BCUT2D eigenvalue weighted by atomic mass is 9.92. The summed E-state index contributed by atoms with van der Waals surface area (Å²) in [5, 5.41) is 13.1. The average molecular weight is 249 g/mol. The van der Waals surface area contributed by atoms with E-state index in [1.165, 1.54) is 6.42 Å². The molecule has 0 heterocycles. The molecular weight excluding hydrogens is 232 g/mol. The molecule has 2 nitrogen and oxygen atoms in total. The van der Waals surface area contributed by atoms with Gasteiger partial charge in [-0.15, -0.1) is 0 Å². The Bertz CT molecular complexity index is 460. The minimum Gasteiger partial charge on any atom is -0.381 e. The second-order valence-corrected chi connectivity index (χ2v) is 5.93. The molecule has 0 bridgehead atoms. The van der Waals surface area contributed by atoms with Gasteiger partial charge in [-0.05, 0) is 36.8 Å². The van der Waals surface area contributed by atoms with E-state index in [1.54, 1.807) is 6.07 Å². The molecule has 90 valence electrons. The third-order valence-electron chi connectivity index (χ3n) is 3.45. The fourth-order valence-electron chi connectivity index (χ4n) is 2.54. The zero-order valence-corrected chi connectivity index (χ0v) is 11.0. The fourth-order valence-corrected chi connectivity index (χ4v) is 2.75. The quantitative estimate of drug-likeness (QED) is 0.851. The lowest BCUT2D eigenvalue weighted by Gasteiger charge is -2.19. The highest BCUT2D eigenvalue weighted by molar-refractivity contribution is 6.32. The van der Waals surface area contributed by atoms with E-state index in [2.05, 4.69) is 25.2 Å². The Morgan fingerprint density at radius 1 is 1.47 bits per heavy atom. The number of nitriles is 1. The molecule has 0 amide bonds. The van der Waals surface area contributed by atoms with Crippen LogP contribution in [0, 0.1) is 16.7 Å². The van der Waals surface area contributed by atoms with Crippen LogP contribution in [0.2, 0.25) is 5.02 Å². The van der Waals surface area contributed by atoms with E-state index >= 15 is 0 Å². The molecule has 1 atom stereocenters. The number of hydrogen-bond donors (Lipinski definition) is 1. The molecule has 1 aromatic carbocycles. The van der Waals surface area contributed by atoms with Crippen molar-refractivity contribution in [2.24, 2.45) is 5.41 Å². The number of halogens is 1. The monoisotopic (exact) mass is 248 g/mol. The Balaban J connectivity index is 2.15. The number of benzene rings is 1. The van der Waals surface area contributed by atoms with Crippen LogP contribution < -0.4 is 5.32 Å². The van der Waals surface area contributed by atoms with Gasteiger partial charge in [0.25, 0.3) is 0 Å². The molecule has 0 radical (unpaired) electrons. The van der Waals surface area contributed by atoms with Gasteiger partial charge in [0.1, 0.15) is 6.07 Å². The van der Waals surface area contributed by atoms with E-state index in [-0.39, 0.29) is 0 Å². The molecule has 1 saturated carbocycles. The standard InChI is InChI=1S/C14H17ClN2/c1-14(2)7-6-10(8-14)17-13-5-3-4-12(15)11(13)9-16/h3-5,10,17H,6-8H2,1-2H3. The minimum atomic E-state index is 0.406. The summed E-state index contributed by atoms with van der Waals surface area (Å²) in [6.45, 7) is 4.58. The molecule has 1 N–H and O–H groups in total. The molecule has 0 aliphatic heterocycles. The third kappa shape index (κ3) is 2.73. The van der Waals surface area contributed by atoms with E-state index in [0.717, 1.165) is 18.5 Å². The Morgan fingerprint density at radius 3 is 2.82 bits per heavy atom. The van der Waals surface area contributed by atoms with Crippen LogP contribution in [-0.2, 0) is 0 Å². The van der Waals surface area contributed by atoms with Gasteiger partial charge in [-0.25, -0.2) is 0 Å². The molecule has 1 aromatic rings. The topological polar surface area (TPSA) is 35.8 Å². The summed E-state index contributed by atoms with van der Waals surface area (Å²) in [6, 6.07) is 8.18. The van der Waals surface area contributed by atoms with Crippen molar-refractivity contribution in [3.63, 3.8) is 0 Å². The van der Waals surface area contributed by atoms with Gasteiger partial charge in [0.2, 0.25) is 0 Å². The van der Waals surface area contributed by atoms with Gasteiger partial charge in [0.15, 0.2) is 0 Å². The van der Waals surface area contributed by atoms with Crippen LogP contribution in [0.25, 0.3) is 0 Å². The van der Waals surface area contributed by atoms with Crippen molar-refractivity contribution in [1.82, 2.24) is 0 Å². The first-order chi connectivity index (χ1) is 8.02. The zero-order valence-electron chi connectivity index (χ0n) is 10.3. The number of nitrogens with one attached hydrogen (secondary N) is 1. The molecule has 0 spiro atoms. The van der Waals surface area contributed by atoms with E-state index < -0.39 is 0 Å². The first-order valence-corrected chi connectivity index (χ1v) is 6.35. The van der Waals surface area contributed by atoms with Gasteiger partial charge in [0.05, 0.1) is 16.3 Å². The van der Waals surface area contributed by atoms with Crippen molar-refractivity contribution in [3.8, 4) is 6.07 Å². The van der Waals surface area contributed by atoms with Crippen molar-refractivity contribution in [1.29, 1.82) is 5.26 Å². The summed E-state index contributed by atoms with van der Waals surface area (Å²) in [7, 11) is 0. The molecule has 2 rings (SSSR count). The van der Waals surface area contributed by atoms with Crippen LogP contribution in [0.1, 0.15) is 38.7 Å². The molecule has 1 unspecified atom stereocenters. The van der Waals surface area contributed by atoms with E-state index in [1.807, 2.05) is 12.1 Å². The normalized spacial score (nSPS) is 22.1. The van der Waals surface area contributed by atoms with Crippen LogP contribution in [0.15, 0.2) is 18.2 Å². The summed E-state index contributed by atoms with van der Waals surface area (Å²) in [5.74, 6) is 0. The molecule has 0 saturated heterocycles. The second kappa shape index (κ2) is 4.58. The van der Waals surface area contributed by atoms with Crippen LogP contribution in [-0.4, -0.2) is 6.04 Å². The predicted molar refractivity (Wildman–Crippen MR) is 71.2 cm³/mol. The molecule has 0 aromatic heterocycles. The Morgan fingerprint density at radius 2 is 2.24 bits per heavy atom. The molecule has 1 aliphatic rings. The third-order valence-corrected chi connectivity index (χ3v) is 3.77. The summed E-state index contributed by atoms with van der Waals surface area (Å²) >= 11 is 6.01. The maximum absolute atomic E-state index is 9.10. The SMILES string of the molecule is CC1(C)CCC(Nc2cccc(Cl)c2C#N)C1. The first kappa shape index (κ1) is 12.3. The largest absolute Gasteiger partial charge is 0.381 e. The van der Waals surface area contributed by atoms with Crippen LogP contribution in [0.3, 0.4) is 0 Å². The van der Waals surface area contributed by atoms with Crippen LogP contribution in [0.5, 0.6) is 0 Å². The van der Waals surface area contributed by atoms with Gasteiger partial charge >= 0.3 is 0 Å². The molecule has 1 fully saturated rings. The van der Waals surface area contributed by atoms with Crippen molar-refractivity contribution in [3.05, 3.63) is 28.8 Å². The molecule has 3 heteroatoms. The number of nitrogens with zero attached hydrogens (tertiary/aromatic N) is 1. The van der Waals surface area contributed by atoms with Crippen molar-refractivity contribution >= 4 is 17.3 Å². The maximum Gasteiger partial charge on any atom is 0.103 e. The van der Waals surface area contributed by atoms with Gasteiger partial charge in [-0.2, -0.15) is 5.26 Å². The number of hydrogen-bond acceptors (Lipinski definition) is 2. The maximum atomic E-state index is 9.10. The Labute approximate surface area is 108 Å². The summed E-state index contributed by atoms with van der Waals surface area (Å²) in [5.41, 5.74) is 1.82. The number of anilines is 1. The van der Waals surface area contributed by atoms with Crippen molar-refractivity contribution < 1.29 is 0 Å². The van der Waals surface area contributed by atoms with E-state index in [0.29, 0.717) is 22.0 Å². The number of rotatable bonds is 2. The van der Waals surface area contributed by atoms with Gasteiger partial charge < -0.3 is 5.32 Å². The Kier molecular flexibility index (Phi) is 3.31. The highest BCUT2D eigenvalue weighted by atomic mass is 35.5. The lowest BCUT2D eigenvalue weighted by Crippen LogP contribution is -2.18. The van der Waals surface area contributed by atoms with Crippen molar-refractivity contribution in [2.75, 3.05) is 5.32 Å². The van der Waals surface area contributed by atoms with Crippen molar-refractivity contribution in [2.45, 2.75) is 39.2 Å². The zero-order chi connectivity index (χ0) is 12.5. The predicted octanol–water partition coefficient (Wildman–Crippen LogP) is 4.20. The van der Waals surface area contributed by atoms with E-state index in [4.69, 9.17) is 16.9 Å². The first-order valence-electron chi connectivity index (χ1n) is 5.97. The second-order valence-electron chi connectivity index (χ2n) is 5.52. The van der Waals surface area contributed by atoms with Gasteiger partial charge in [0, 0.05) is 6.04 Å². The lowest BCUT2D eigenvalue weighted by molar-refractivity contribution is 0.378. The Hall–Kier alpha value is -1.20. The summed E-state index contributed by atoms with van der Waals surface area (Å²) < 4.78 is 0. The van der Waals surface area contributed by atoms with Crippen LogP contribution in [0.4, 0.5) is 5.69 Å². The van der Waals surface area contributed by atoms with Crippen LogP contribution >= 0.6 is 11.6 Å². The molecule has 1 aliphatic carbocycles. The fraction of sp³-hybridized carbons (Fsp3) is 0.500. The minimum absolute atomic E-state index is 0.406. The summed E-state index contributed by atoms with van der Waals surface area (Å²) in [4.78, 5) is 0. The molecular formula is C14H17ClN2. The average Bonchev–Trinajstić information content (AvgIpc) is 2.58. The highest BCUT2D eigenvalue weighted by Crippen LogP contribution is 2.38. The van der Waals surface area contributed by atoms with Gasteiger partial charge in [-0.1, -0.05) is 31.5 Å². The molecule has 17 heavy (non-hydrogen) atoms. The van der Waals surface area contributed by atoms with Gasteiger partial charge in [-0.3, -0.25) is 0 Å². The summed E-state index contributed by atoms with van der Waals surface area (Å²) in [6.07, 6.45) is 3.53. The smallest absolute Gasteiger partial charge is 0.103 e.